The number of hydrogen-bond donors (Lipinski definition) is 2. The van der Waals surface area contributed by atoms with Crippen molar-refractivity contribution in [3.05, 3.63) is 0 Å². The molecule has 0 radical (unpaired) electrons. The Morgan fingerprint density at radius 3 is 1.67 bits per heavy atom. The molecule has 0 spiro atoms. The van der Waals surface area contributed by atoms with Crippen LogP contribution >= 0.6 is 0 Å². The van der Waals surface area contributed by atoms with E-state index in [2.05, 4.69) is 10.3 Å². The van der Waals surface area contributed by atoms with E-state index in [0.29, 0.717) is 0 Å². The molecule has 0 saturated heterocycles. The Bertz CT molecular complexity index is 333. The number of rotatable bonds is 2. The zero-order valence-corrected chi connectivity index (χ0v) is 10.9. The van der Waals surface area contributed by atoms with Gasteiger partial charge < -0.3 is 0 Å². The van der Waals surface area contributed by atoms with Crippen LogP contribution in [0.15, 0.2) is 0 Å². The lowest BCUT2D eigenvalue weighted by Crippen LogP contribution is -2.51. The van der Waals surface area contributed by atoms with E-state index < -0.39 is 20.2 Å². The van der Waals surface area contributed by atoms with Crippen LogP contribution in [0, 0.1) is 5.41 Å². The highest BCUT2D eigenvalue weighted by atomic mass is 32.2. The molecule has 0 bridgehead atoms. The summed E-state index contributed by atoms with van der Waals surface area (Å²) in [5.74, 6) is -0.365. The van der Waals surface area contributed by atoms with Gasteiger partial charge in [-0.2, -0.15) is 0 Å². The highest BCUT2D eigenvalue weighted by Gasteiger charge is 2.30. The van der Waals surface area contributed by atoms with Crippen molar-refractivity contribution in [2.24, 2.45) is 5.41 Å². The van der Waals surface area contributed by atoms with Gasteiger partial charge in [0.05, 0.1) is 4.75 Å². The Kier molecular flexibility index (Phi) is 3.93. The van der Waals surface area contributed by atoms with Crippen LogP contribution in [-0.4, -0.2) is 19.1 Å². The molecule has 6 heteroatoms. The zero-order valence-electron chi connectivity index (χ0n) is 10.1. The van der Waals surface area contributed by atoms with Crippen molar-refractivity contribution in [1.82, 2.24) is 10.3 Å². The van der Waals surface area contributed by atoms with Gasteiger partial charge in [-0.3, -0.25) is 10.2 Å². The minimum absolute atomic E-state index is 0.365. The summed E-state index contributed by atoms with van der Waals surface area (Å²) in [5, 5.41) is 0. The maximum Gasteiger partial charge on any atom is 0.240 e. The number of nitrogens with one attached hydrogen (secondary N) is 2. The predicted molar refractivity (Wildman–Crippen MR) is 59.4 cm³/mol. The summed E-state index contributed by atoms with van der Waals surface area (Å²) in [5.41, 5.74) is 1.57. The lowest BCUT2D eigenvalue weighted by atomic mass is 9.96. The molecule has 15 heavy (non-hydrogen) atoms. The van der Waals surface area contributed by atoms with E-state index in [0.717, 1.165) is 0 Å². The Labute approximate surface area is 91.7 Å². The van der Waals surface area contributed by atoms with Crippen molar-refractivity contribution in [3.63, 3.8) is 0 Å². The van der Waals surface area contributed by atoms with E-state index in [1.54, 1.807) is 41.5 Å². The van der Waals surface area contributed by atoms with E-state index in [1.165, 1.54) is 0 Å². The summed E-state index contributed by atoms with van der Waals surface area (Å²) in [7, 11) is -3.54. The molecule has 0 fully saturated rings. The van der Waals surface area contributed by atoms with E-state index in [4.69, 9.17) is 0 Å². The standard InChI is InChI=1S/C9H20N2O3S/c1-8(2,3)7(12)10-11-15(13,14)9(4,5)6/h11H,1-6H3,(H,10,12). The van der Waals surface area contributed by atoms with Crippen LogP contribution in [-0.2, 0) is 14.8 Å². The Balaban J connectivity index is 4.51. The second kappa shape index (κ2) is 4.09. The van der Waals surface area contributed by atoms with Crippen molar-refractivity contribution in [2.45, 2.75) is 46.3 Å². The average molecular weight is 236 g/mol. The Morgan fingerprint density at radius 2 is 1.40 bits per heavy atom. The zero-order chi connectivity index (χ0) is 12.5. The first kappa shape index (κ1) is 14.4. The molecule has 0 aromatic rings. The molecular formula is C9H20N2O3S. The molecule has 2 N–H and O–H groups in total. The van der Waals surface area contributed by atoms with Gasteiger partial charge in [0.1, 0.15) is 0 Å². The number of carbonyl (C=O) groups excluding carboxylic acids is 1. The smallest absolute Gasteiger partial charge is 0.240 e. The SMILES string of the molecule is CC(C)(C)C(=O)NNS(=O)(=O)C(C)(C)C. The number of hydrazine groups is 1. The van der Waals surface area contributed by atoms with Crippen LogP contribution in [0.25, 0.3) is 0 Å². The van der Waals surface area contributed by atoms with Gasteiger partial charge in [0.15, 0.2) is 0 Å². The normalized spacial score (nSPS) is 13.7. The van der Waals surface area contributed by atoms with E-state index in [9.17, 15) is 13.2 Å². The van der Waals surface area contributed by atoms with Gasteiger partial charge in [0.25, 0.3) is 0 Å². The van der Waals surface area contributed by atoms with Crippen molar-refractivity contribution < 1.29 is 13.2 Å². The molecule has 0 aromatic heterocycles. The quantitative estimate of drug-likeness (QED) is 0.696. The van der Waals surface area contributed by atoms with Gasteiger partial charge in [0.2, 0.25) is 15.9 Å². The van der Waals surface area contributed by atoms with Crippen LogP contribution in [0.5, 0.6) is 0 Å². The molecule has 5 nitrogen and oxygen atoms in total. The molecule has 0 aromatic carbocycles. The molecule has 0 heterocycles. The first-order chi connectivity index (χ1) is 6.38. The van der Waals surface area contributed by atoms with Crippen molar-refractivity contribution >= 4 is 15.9 Å². The van der Waals surface area contributed by atoms with Crippen LogP contribution < -0.4 is 10.3 Å². The molecule has 90 valence electrons. The highest BCUT2D eigenvalue weighted by molar-refractivity contribution is 7.90. The van der Waals surface area contributed by atoms with Crippen LogP contribution in [0.3, 0.4) is 0 Å². The van der Waals surface area contributed by atoms with Crippen molar-refractivity contribution in [1.29, 1.82) is 0 Å². The van der Waals surface area contributed by atoms with Gasteiger partial charge in [0, 0.05) is 5.41 Å². The third kappa shape index (κ3) is 4.17. The first-order valence-corrected chi connectivity index (χ1v) is 6.18. The molecule has 0 rings (SSSR count). The fraction of sp³-hybridized carbons (Fsp3) is 0.889. The molecule has 1 amide bonds. The van der Waals surface area contributed by atoms with Gasteiger partial charge in [-0.15, -0.1) is 4.83 Å². The number of hydrogen-bond acceptors (Lipinski definition) is 3. The fourth-order valence-corrected chi connectivity index (χ4v) is 0.987. The number of sulfonamides is 1. The molecule has 0 atom stereocenters. The number of carbonyl (C=O) groups is 1. The summed E-state index contributed by atoms with van der Waals surface area (Å²) in [4.78, 5) is 13.5. The topological polar surface area (TPSA) is 75.3 Å². The molecule has 0 aliphatic rings. The van der Waals surface area contributed by atoms with Crippen LogP contribution in [0.2, 0.25) is 0 Å². The monoisotopic (exact) mass is 236 g/mol. The highest BCUT2D eigenvalue weighted by Crippen LogP contribution is 2.14. The van der Waals surface area contributed by atoms with Crippen molar-refractivity contribution in [3.8, 4) is 0 Å². The van der Waals surface area contributed by atoms with Gasteiger partial charge in [-0.05, 0) is 20.8 Å². The van der Waals surface area contributed by atoms with E-state index in [-0.39, 0.29) is 5.91 Å². The summed E-state index contributed by atoms with van der Waals surface area (Å²) in [6.07, 6.45) is 0. The Morgan fingerprint density at radius 1 is 1.00 bits per heavy atom. The van der Waals surface area contributed by atoms with E-state index in [1.807, 2.05) is 0 Å². The third-order valence-corrected chi connectivity index (χ3v) is 3.77. The molecule has 0 saturated carbocycles. The predicted octanol–water partition coefficient (Wildman–Crippen LogP) is 0.782. The van der Waals surface area contributed by atoms with Gasteiger partial charge in [-0.25, -0.2) is 8.42 Å². The number of amides is 1. The first-order valence-electron chi connectivity index (χ1n) is 4.70. The summed E-state index contributed by atoms with van der Waals surface area (Å²) in [6.45, 7) is 9.77. The maximum absolute atomic E-state index is 11.6. The second-order valence-corrected chi connectivity index (χ2v) is 7.86. The van der Waals surface area contributed by atoms with Crippen LogP contribution in [0.4, 0.5) is 0 Å². The summed E-state index contributed by atoms with van der Waals surface area (Å²) < 4.78 is 22.2. The lowest BCUT2D eigenvalue weighted by molar-refractivity contribution is -0.129. The summed E-state index contributed by atoms with van der Waals surface area (Å²) >= 11 is 0. The molecule has 0 unspecified atom stereocenters. The van der Waals surface area contributed by atoms with Gasteiger partial charge in [-0.1, -0.05) is 20.8 Å². The molecule has 0 aliphatic heterocycles. The minimum Gasteiger partial charge on any atom is -0.277 e. The minimum atomic E-state index is -3.54. The lowest BCUT2D eigenvalue weighted by Gasteiger charge is -2.22. The summed E-state index contributed by atoms with van der Waals surface area (Å²) in [6, 6.07) is 0. The fourth-order valence-electron chi connectivity index (χ4n) is 0.454. The average Bonchev–Trinajstić information content (AvgIpc) is 1.96. The second-order valence-electron chi connectivity index (χ2n) is 5.42. The van der Waals surface area contributed by atoms with E-state index >= 15 is 0 Å². The van der Waals surface area contributed by atoms with Crippen molar-refractivity contribution in [2.75, 3.05) is 0 Å². The van der Waals surface area contributed by atoms with Crippen LogP contribution in [0.1, 0.15) is 41.5 Å². The molecule has 0 aliphatic carbocycles. The third-order valence-electron chi connectivity index (χ3n) is 1.79. The maximum atomic E-state index is 11.6. The molecular weight excluding hydrogens is 216 g/mol. The Hall–Kier alpha value is -0.620. The van der Waals surface area contributed by atoms with Gasteiger partial charge >= 0.3 is 0 Å². The largest absolute Gasteiger partial charge is 0.277 e.